The molecule has 2 aromatic heterocycles. The highest BCUT2D eigenvalue weighted by Gasteiger charge is 2.30. The third-order valence-corrected chi connectivity index (χ3v) is 10.4. The molecule has 3 N–H and O–H groups in total. The third-order valence-electron chi connectivity index (χ3n) is 10.1. The highest BCUT2D eigenvalue weighted by Crippen LogP contribution is 2.38. The van der Waals surface area contributed by atoms with Crippen molar-refractivity contribution in [3.05, 3.63) is 95.0 Å². The summed E-state index contributed by atoms with van der Waals surface area (Å²) in [4.78, 5) is 57.8. The normalized spacial score (nSPS) is 13.1. The second-order valence-electron chi connectivity index (χ2n) is 14.1. The first kappa shape index (κ1) is 44.0. The summed E-state index contributed by atoms with van der Waals surface area (Å²) in [6, 6.07) is 14.6. The number of benzene rings is 3. The van der Waals surface area contributed by atoms with E-state index in [4.69, 9.17) is 21.1 Å². The van der Waals surface area contributed by atoms with Gasteiger partial charge in [0.1, 0.15) is 5.75 Å². The lowest BCUT2D eigenvalue weighted by Crippen LogP contribution is -3.05. The van der Waals surface area contributed by atoms with Gasteiger partial charge in [-0.1, -0.05) is 36.7 Å². The lowest BCUT2D eigenvalue weighted by atomic mass is 9.98. The maximum atomic E-state index is 15.8. The molecule has 5 aromatic rings. The number of aromatic nitrogens is 4. The highest BCUT2D eigenvalue weighted by atomic mass is 35.5. The van der Waals surface area contributed by atoms with Gasteiger partial charge in [-0.25, -0.2) is 13.8 Å². The molecule has 0 bridgehead atoms. The number of piperazine rings is 1. The van der Waals surface area contributed by atoms with E-state index < -0.39 is 17.5 Å². The molecule has 1 aliphatic rings. The van der Waals surface area contributed by atoms with E-state index >= 15 is 8.78 Å². The number of anilines is 1. The second-order valence-corrected chi connectivity index (χ2v) is 14.5. The van der Waals surface area contributed by atoms with E-state index in [1.165, 1.54) is 67.4 Å². The lowest BCUT2D eigenvalue weighted by Gasteiger charge is -2.36. The van der Waals surface area contributed by atoms with Crippen molar-refractivity contribution in [1.82, 2.24) is 29.5 Å². The zero-order chi connectivity index (χ0) is 42.8. The van der Waals surface area contributed by atoms with Crippen LogP contribution in [-0.2, 0) is 21.4 Å². The zero-order valence-electron chi connectivity index (χ0n) is 33.8. The Labute approximate surface area is 346 Å². The molecule has 14 nitrogen and oxygen atoms in total. The number of halogens is 3. The molecule has 0 aliphatic carbocycles. The molecule has 3 heterocycles. The number of carbonyl (C=O) groups excluding carboxylic acids is 4. The van der Waals surface area contributed by atoms with Crippen molar-refractivity contribution < 1.29 is 42.3 Å². The average molecular weight is 834 g/mol. The van der Waals surface area contributed by atoms with E-state index in [0.717, 1.165) is 19.4 Å². The fraction of sp³-hybridized carbons (Fsp3) is 0.333. The number of methoxy groups -OCH3 is 2. The predicted octanol–water partition coefficient (Wildman–Crippen LogP) is 4.97. The smallest absolute Gasteiger partial charge is 0.292 e. The van der Waals surface area contributed by atoms with Crippen molar-refractivity contribution in [2.75, 3.05) is 66.4 Å². The number of amides is 3. The summed E-state index contributed by atoms with van der Waals surface area (Å²) in [5, 5.41) is 9.79. The van der Waals surface area contributed by atoms with Gasteiger partial charge < -0.3 is 34.1 Å². The van der Waals surface area contributed by atoms with Gasteiger partial charge >= 0.3 is 0 Å². The first-order chi connectivity index (χ1) is 28.3. The van der Waals surface area contributed by atoms with Crippen LogP contribution < -0.4 is 15.0 Å². The number of nitrogens with zero attached hydrogens (tertiary/aromatic N) is 5. The minimum atomic E-state index is -1.12. The summed E-state index contributed by atoms with van der Waals surface area (Å²) in [6.45, 7) is 4.99. The first-order valence-corrected chi connectivity index (χ1v) is 19.3. The van der Waals surface area contributed by atoms with Crippen molar-refractivity contribution in [2.24, 2.45) is 13.0 Å². The van der Waals surface area contributed by atoms with E-state index in [1.54, 1.807) is 35.2 Å². The number of quaternary nitrogens is 1. The zero-order valence-corrected chi connectivity index (χ0v) is 34.5. The third kappa shape index (κ3) is 9.95. The van der Waals surface area contributed by atoms with Gasteiger partial charge in [-0.15, -0.1) is 0 Å². The summed E-state index contributed by atoms with van der Waals surface area (Å²) >= 11 is 6.55. The maximum Gasteiger partial charge on any atom is 0.292 e. The van der Waals surface area contributed by atoms with Crippen LogP contribution in [0, 0.1) is 17.6 Å². The highest BCUT2D eigenvalue weighted by molar-refractivity contribution is 6.34. The van der Waals surface area contributed by atoms with E-state index in [-0.39, 0.29) is 51.0 Å². The maximum absolute atomic E-state index is 15.8. The minimum Gasteiger partial charge on any atom is -0.496 e. The molecule has 0 saturated carbocycles. The van der Waals surface area contributed by atoms with Gasteiger partial charge in [-0.2, -0.15) is 5.10 Å². The molecule has 59 heavy (non-hydrogen) atoms. The summed E-state index contributed by atoms with van der Waals surface area (Å²) in [5.74, 6) is -2.54. The number of aromatic amines is 1. The summed E-state index contributed by atoms with van der Waals surface area (Å²) < 4.78 is 42.2. The van der Waals surface area contributed by atoms with Crippen LogP contribution in [0.1, 0.15) is 40.7 Å². The quantitative estimate of drug-likeness (QED) is 0.141. The van der Waals surface area contributed by atoms with Crippen molar-refractivity contribution in [1.29, 1.82) is 0 Å². The molecule has 1 fully saturated rings. The fourth-order valence-electron chi connectivity index (χ4n) is 6.85. The Morgan fingerprint density at radius 2 is 1.61 bits per heavy atom. The van der Waals surface area contributed by atoms with Crippen molar-refractivity contribution in [2.45, 2.75) is 19.8 Å². The van der Waals surface area contributed by atoms with Crippen LogP contribution in [0.25, 0.3) is 33.6 Å². The molecule has 312 valence electrons. The van der Waals surface area contributed by atoms with Gasteiger partial charge in [0, 0.05) is 73.5 Å². The van der Waals surface area contributed by atoms with E-state index in [1.807, 2.05) is 11.8 Å². The number of carbonyl (C=O) groups is 4. The standard InChI is InChI=1S/C40H43ClF2N8O4.C2H4O2/c1-6-24(15-16-48(2)3)39(53)50-17-19-51(20-18-50)40(54)27-12-11-25(21-31(27)41)46-38(52)37-44-23-32(49(37)4)28-14-13-26(34(42)35(28)43)30-22-45-47-36(30)29-9-7-8-10-33(29)55-5;1-4-2-3/h7-14,21-24H,6,15-20H2,1-5H3,(H,45,47)(H,46,52);2H,1H3/p+1. The Morgan fingerprint density at radius 3 is 2.25 bits per heavy atom. The molecule has 0 radical (unpaired) electrons. The van der Waals surface area contributed by atoms with Crippen molar-refractivity contribution in [3.8, 4) is 39.4 Å². The Bertz CT molecular complexity index is 2290. The number of nitrogens with one attached hydrogen (secondary N) is 3. The van der Waals surface area contributed by atoms with Crippen LogP contribution in [0.3, 0.4) is 0 Å². The van der Waals surface area contributed by atoms with Crippen molar-refractivity contribution in [3.63, 3.8) is 0 Å². The van der Waals surface area contributed by atoms with E-state index in [2.05, 4.69) is 39.3 Å². The monoisotopic (exact) mass is 833 g/mol. The number of ether oxygens (including phenoxy) is 2. The predicted molar refractivity (Wildman–Crippen MR) is 219 cm³/mol. The lowest BCUT2D eigenvalue weighted by molar-refractivity contribution is -0.858. The van der Waals surface area contributed by atoms with Crippen LogP contribution in [0.4, 0.5) is 14.5 Å². The van der Waals surface area contributed by atoms with E-state index in [9.17, 15) is 14.4 Å². The molecule has 1 aliphatic heterocycles. The van der Waals surface area contributed by atoms with Crippen LogP contribution in [0.5, 0.6) is 5.75 Å². The number of para-hydroxylation sites is 1. The van der Waals surface area contributed by atoms with Gasteiger partial charge in [0.15, 0.2) is 17.5 Å². The van der Waals surface area contributed by atoms with Crippen LogP contribution in [0.15, 0.2) is 67.0 Å². The molecule has 1 saturated heterocycles. The van der Waals surface area contributed by atoms with Gasteiger partial charge in [-0.3, -0.25) is 24.3 Å². The van der Waals surface area contributed by atoms with Gasteiger partial charge in [0.2, 0.25) is 5.91 Å². The van der Waals surface area contributed by atoms with Gasteiger partial charge in [0.25, 0.3) is 18.3 Å². The molecule has 17 heteroatoms. The summed E-state index contributed by atoms with van der Waals surface area (Å²) in [6.07, 6.45) is 4.31. The van der Waals surface area contributed by atoms with Gasteiger partial charge in [0.05, 0.1) is 69.2 Å². The molecule has 3 amide bonds. The Hall–Kier alpha value is -6.13. The fourth-order valence-corrected chi connectivity index (χ4v) is 7.11. The first-order valence-electron chi connectivity index (χ1n) is 19.0. The number of imidazole rings is 1. The van der Waals surface area contributed by atoms with E-state index in [0.29, 0.717) is 60.9 Å². The van der Waals surface area contributed by atoms with Crippen molar-refractivity contribution >= 4 is 41.5 Å². The molecule has 0 spiro atoms. The topological polar surface area (TPSA) is 156 Å². The largest absolute Gasteiger partial charge is 0.496 e. The minimum absolute atomic E-state index is 0.0100. The Kier molecular flexibility index (Phi) is 14.9. The molecule has 6 rings (SSSR count). The number of hydrogen-bond donors (Lipinski definition) is 3. The molecule has 3 aromatic carbocycles. The molecular weight excluding hydrogens is 786 g/mol. The average Bonchev–Trinajstić information content (AvgIpc) is 3.88. The molecule has 1 unspecified atom stereocenters. The Morgan fingerprint density at radius 1 is 0.949 bits per heavy atom. The van der Waals surface area contributed by atoms with Crippen LogP contribution >= 0.6 is 11.6 Å². The number of hydrogen-bond acceptors (Lipinski definition) is 8. The van der Waals surface area contributed by atoms with Crippen LogP contribution in [-0.4, -0.2) is 115 Å². The van der Waals surface area contributed by atoms with Crippen LogP contribution in [0.2, 0.25) is 5.02 Å². The SMILES string of the molecule is CCC(CC[NH+](C)C)C(=O)N1CCN(C(=O)c2ccc(NC(=O)c3ncc(-c4ccc(-c5cn[nH]c5-c5ccccc5OC)c(F)c4F)n3C)cc2Cl)CC1.COC=O. The summed E-state index contributed by atoms with van der Waals surface area (Å²) in [7, 11) is 8.50. The molecular formula is C42H48ClF2N8O6+. The number of rotatable bonds is 13. The number of H-pyrrole nitrogens is 1. The summed E-state index contributed by atoms with van der Waals surface area (Å²) in [5.41, 5.74) is 2.08. The molecule has 1 atom stereocenters. The second kappa shape index (κ2) is 20.0. The van der Waals surface area contributed by atoms with Gasteiger partial charge in [-0.05, 0) is 42.8 Å². The Balaban J connectivity index is 0.00000158.